The van der Waals surface area contributed by atoms with Gasteiger partial charge in [0.1, 0.15) is 0 Å². The molecule has 1 aromatic heterocycles. The summed E-state index contributed by atoms with van der Waals surface area (Å²) in [7, 11) is 0. The van der Waals surface area contributed by atoms with Gasteiger partial charge in [0.05, 0.1) is 11.4 Å². The van der Waals surface area contributed by atoms with Crippen molar-refractivity contribution < 1.29 is 0 Å². The highest BCUT2D eigenvalue weighted by Gasteiger charge is 2.12. The second-order valence-electron chi connectivity index (χ2n) is 7.90. The summed E-state index contributed by atoms with van der Waals surface area (Å²) in [6, 6.07) is 42.0. The van der Waals surface area contributed by atoms with Gasteiger partial charge in [0.15, 0.2) is 0 Å². The van der Waals surface area contributed by atoms with Gasteiger partial charge in [0.2, 0.25) is 0 Å². The van der Waals surface area contributed by atoms with E-state index in [-0.39, 0.29) is 0 Å². The number of para-hydroxylation sites is 1. The van der Waals surface area contributed by atoms with Gasteiger partial charge in [0, 0.05) is 28.1 Å². The molecule has 2 heteroatoms. The molecule has 154 valence electrons. The Morgan fingerprint density at radius 3 is 1.62 bits per heavy atom. The predicted octanol–water partition coefficient (Wildman–Crippen LogP) is 8.13. The van der Waals surface area contributed by atoms with E-state index in [1.54, 1.807) is 0 Å². The minimum Gasteiger partial charge on any atom is -0.355 e. The lowest BCUT2D eigenvalue weighted by molar-refractivity contribution is 1.32. The molecule has 0 aliphatic carbocycles. The number of benzene rings is 4. The Bertz CT molecular complexity index is 1270. The predicted molar refractivity (Wildman–Crippen MR) is 135 cm³/mol. The molecule has 0 unspecified atom stereocenters. The first-order valence-corrected chi connectivity index (χ1v) is 10.8. The van der Waals surface area contributed by atoms with Crippen LogP contribution in [0.5, 0.6) is 0 Å². The first-order valence-electron chi connectivity index (χ1n) is 10.8. The van der Waals surface area contributed by atoms with E-state index in [0.717, 1.165) is 45.0 Å². The standard InChI is InChI=1S/C30H24N2/c1-22-17-18-27(30(19-22)31-26-15-9-4-10-16-26)25-20-28(23-11-5-2-6-12-23)32-29(21-25)24-13-7-3-8-14-24/h2-21,31H,1H3. The molecular formula is C30H24N2. The number of pyridine rings is 1. The fraction of sp³-hybridized carbons (Fsp3) is 0.0333. The van der Waals surface area contributed by atoms with E-state index >= 15 is 0 Å². The van der Waals surface area contributed by atoms with E-state index < -0.39 is 0 Å². The van der Waals surface area contributed by atoms with Gasteiger partial charge in [-0.3, -0.25) is 0 Å². The zero-order valence-corrected chi connectivity index (χ0v) is 18.0. The smallest absolute Gasteiger partial charge is 0.0715 e. The lowest BCUT2D eigenvalue weighted by atomic mass is 9.97. The molecule has 0 radical (unpaired) electrons. The Labute approximate surface area is 189 Å². The normalized spacial score (nSPS) is 10.7. The minimum atomic E-state index is 0.966. The van der Waals surface area contributed by atoms with E-state index in [4.69, 9.17) is 4.98 Å². The topological polar surface area (TPSA) is 24.9 Å². The molecule has 0 fully saturated rings. The highest BCUT2D eigenvalue weighted by Crippen LogP contribution is 2.35. The molecule has 0 bridgehead atoms. The van der Waals surface area contributed by atoms with Gasteiger partial charge in [0.25, 0.3) is 0 Å². The molecule has 5 aromatic rings. The van der Waals surface area contributed by atoms with Crippen molar-refractivity contribution in [2.75, 3.05) is 5.32 Å². The molecule has 2 nitrogen and oxygen atoms in total. The highest BCUT2D eigenvalue weighted by atomic mass is 14.9. The van der Waals surface area contributed by atoms with Crippen LogP contribution in [0.2, 0.25) is 0 Å². The monoisotopic (exact) mass is 412 g/mol. The molecule has 0 spiro atoms. The van der Waals surface area contributed by atoms with Crippen LogP contribution in [0.1, 0.15) is 5.56 Å². The molecule has 0 amide bonds. The summed E-state index contributed by atoms with van der Waals surface area (Å²) in [6.07, 6.45) is 0. The van der Waals surface area contributed by atoms with Crippen LogP contribution in [-0.4, -0.2) is 4.98 Å². The van der Waals surface area contributed by atoms with E-state index in [2.05, 4.69) is 103 Å². The van der Waals surface area contributed by atoms with Gasteiger partial charge >= 0.3 is 0 Å². The average Bonchev–Trinajstić information content (AvgIpc) is 2.86. The molecule has 0 saturated carbocycles. The minimum absolute atomic E-state index is 0.966. The second kappa shape index (κ2) is 8.91. The van der Waals surface area contributed by atoms with Crippen LogP contribution in [0.15, 0.2) is 121 Å². The van der Waals surface area contributed by atoms with Crippen molar-refractivity contribution in [1.29, 1.82) is 0 Å². The Morgan fingerprint density at radius 2 is 1.06 bits per heavy atom. The van der Waals surface area contributed by atoms with Crippen LogP contribution in [0, 0.1) is 6.92 Å². The van der Waals surface area contributed by atoms with Gasteiger partial charge in [-0.05, 0) is 48.4 Å². The number of nitrogens with zero attached hydrogens (tertiary/aromatic N) is 1. The molecule has 4 aromatic carbocycles. The zero-order valence-electron chi connectivity index (χ0n) is 18.0. The number of rotatable bonds is 5. The summed E-state index contributed by atoms with van der Waals surface area (Å²) in [4.78, 5) is 5.01. The number of hydrogen-bond acceptors (Lipinski definition) is 2. The van der Waals surface area contributed by atoms with E-state index in [0.29, 0.717) is 0 Å². The largest absolute Gasteiger partial charge is 0.355 e. The molecule has 5 rings (SSSR count). The first-order chi connectivity index (χ1) is 15.8. The van der Waals surface area contributed by atoms with Gasteiger partial charge in [-0.25, -0.2) is 4.98 Å². The summed E-state index contributed by atoms with van der Waals surface area (Å²) < 4.78 is 0. The molecule has 1 heterocycles. The third kappa shape index (κ3) is 4.30. The van der Waals surface area contributed by atoms with Crippen molar-refractivity contribution in [2.24, 2.45) is 0 Å². The fourth-order valence-corrected chi connectivity index (χ4v) is 3.89. The van der Waals surface area contributed by atoms with Crippen LogP contribution >= 0.6 is 0 Å². The van der Waals surface area contributed by atoms with Crippen molar-refractivity contribution in [2.45, 2.75) is 6.92 Å². The third-order valence-electron chi connectivity index (χ3n) is 5.50. The summed E-state index contributed by atoms with van der Waals surface area (Å²) in [5, 5.41) is 3.61. The van der Waals surface area contributed by atoms with Crippen molar-refractivity contribution in [3.63, 3.8) is 0 Å². The highest BCUT2D eigenvalue weighted by molar-refractivity contribution is 5.85. The molecule has 32 heavy (non-hydrogen) atoms. The second-order valence-corrected chi connectivity index (χ2v) is 7.90. The van der Waals surface area contributed by atoms with E-state index in [1.165, 1.54) is 5.56 Å². The maximum absolute atomic E-state index is 5.01. The van der Waals surface area contributed by atoms with Crippen LogP contribution in [0.4, 0.5) is 11.4 Å². The number of nitrogens with one attached hydrogen (secondary N) is 1. The van der Waals surface area contributed by atoms with Crippen LogP contribution in [0.25, 0.3) is 33.6 Å². The van der Waals surface area contributed by atoms with Gasteiger partial charge in [-0.15, -0.1) is 0 Å². The summed E-state index contributed by atoms with van der Waals surface area (Å²) >= 11 is 0. The van der Waals surface area contributed by atoms with Gasteiger partial charge in [-0.2, -0.15) is 0 Å². The molecule has 0 aliphatic rings. The molecule has 1 N–H and O–H groups in total. The van der Waals surface area contributed by atoms with Crippen molar-refractivity contribution in [1.82, 2.24) is 4.98 Å². The lowest BCUT2D eigenvalue weighted by Crippen LogP contribution is -1.96. The number of aryl methyl sites for hydroxylation is 1. The Morgan fingerprint density at radius 1 is 0.531 bits per heavy atom. The summed E-state index contributed by atoms with van der Waals surface area (Å²) in [5.74, 6) is 0. The third-order valence-corrected chi connectivity index (χ3v) is 5.50. The van der Waals surface area contributed by atoms with Crippen LogP contribution < -0.4 is 5.32 Å². The van der Waals surface area contributed by atoms with Crippen LogP contribution in [0.3, 0.4) is 0 Å². The quantitative estimate of drug-likeness (QED) is 0.315. The number of hydrogen-bond donors (Lipinski definition) is 1. The molecule has 0 saturated heterocycles. The first kappa shape index (κ1) is 19.8. The average molecular weight is 413 g/mol. The van der Waals surface area contributed by atoms with Crippen LogP contribution in [-0.2, 0) is 0 Å². The van der Waals surface area contributed by atoms with Gasteiger partial charge < -0.3 is 5.32 Å². The van der Waals surface area contributed by atoms with Gasteiger partial charge in [-0.1, -0.05) is 91.0 Å². The summed E-state index contributed by atoms with van der Waals surface area (Å²) in [5.41, 5.74) is 9.80. The zero-order chi connectivity index (χ0) is 21.8. The van der Waals surface area contributed by atoms with Crippen molar-refractivity contribution >= 4 is 11.4 Å². The lowest BCUT2D eigenvalue weighted by Gasteiger charge is -2.16. The number of anilines is 2. The van der Waals surface area contributed by atoms with E-state index in [9.17, 15) is 0 Å². The summed E-state index contributed by atoms with van der Waals surface area (Å²) in [6.45, 7) is 2.12. The fourth-order valence-electron chi connectivity index (χ4n) is 3.89. The molecule has 0 aliphatic heterocycles. The maximum atomic E-state index is 5.01. The van der Waals surface area contributed by atoms with Crippen molar-refractivity contribution in [3.05, 3.63) is 127 Å². The maximum Gasteiger partial charge on any atom is 0.0715 e. The Hall–Kier alpha value is -4.17. The number of aromatic nitrogens is 1. The molecule has 0 atom stereocenters. The Kier molecular flexibility index (Phi) is 5.50. The SMILES string of the molecule is Cc1ccc(-c2cc(-c3ccccc3)nc(-c3ccccc3)c2)c(Nc2ccccc2)c1. The van der Waals surface area contributed by atoms with Crippen molar-refractivity contribution in [3.8, 4) is 33.6 Å². The van der Waals surface area contributed by atoms with E-state index in [1.807, 2.05) is 30.3 Å². The molecular weight excluding hydrogens is 388 g/mol. The Balaban J connectivity index is 1.68.